The Morgan fingerprint density at radius 3 is 2.64 bits per heavy atom. The summed E-state index contributed by atoms with van der Waals surface area (Å²) >= 11 is 0. The smallest absolute Gasteiger partial charge is 0.251 e. The van der Waals surface area contributed by atoms with Gasteiger partial charge in [-0.15, -0.1) is 0 Å². The van der Waals surface area contributed by atoms with Crippen LogP contribution in [-0.4, -0.2) is 62.2 Å². The normalized spacial score (nSPS) is 11.3. The van der Waals surface area contributed by atoms with Crippen LogP contribution in [0.15, 0.2) is 0 Å². The lowest BCUT2D eigenvalue weighted by Gasteiger charge is -2.19. The van der Waals surface area contributed by atoms with E-state index in [0.29, 0.717) is 0 Å². The maximum absolute atomic E-state index is 12.0. The molecule has 4 nitrogen and oxygen atoms in total. The molecular formula is C8H15F2NO3. The van der Waals surface area contributed by atoms with Gasteiger partial charge in [-0.2, -0.15) is 0 Å². The summed E-state index contributed by atoms with van der Waals surface area (Å²) in [5, 5.41) is 8.56. The Kier molecular flexibility index (Phi) is 7.45. The average molecular weight is 211 g/mol. The van der Waals surface area contributed by atoms with Gasteiger partial charge in [-0.25, -0.2) is 8.78 Å². The lowest BCUT2D eigenvalue weighted by Crippen LogP contribution is -2.37. The van der Waals surface area contributed by atoms with Crippen molar-refractivity contribution in [1.82, 2.24) is 4.90 Å². The monoisotopic (exact) mass is 211 g/mol. The zero-order chi connectivity index (χ0) is 11.0. The van der Waals surface area contributed by atoms with E-state index in [4.69, 9.17) is 5.11 Å². The minimum absolute atomic E-state index is 0.0692. The second-order valence-electron chi connectivity index (χ2n) is 2.82. The van der Waals surface area contributed by atoms with Gasteiger partial charge in [-0.05, 0) is 0 Å². The van der Waals surface area contributed by atoms with Crippen LogP contribution < -0.4 is 0 Å². The largest absolute Gasteiger partial charge is 0.395 e. The van der Waals surface area contributed by atoms with E-state index in [9.17, 15) is 13.6 Å². The Labute approximate surface area is 81.5 Å². The van der Waals surface area contributed by atoms with Gasteiger partial charge in [0.05, 0.1) is 19.7 Å². The van der Waals surface area contributed by atoms with Crippen LogP contribution in [0.2, 0.25) is 0 Å². The van der Waals surface area contributed by atoms with E-state index in [-0.39, 0.29) is 32.1 Å². The number of alkyl halides is 2. The third-order valence-corrected chi connectivity index (χ3v) is 1.52. The number of ketones is 1. The van der Waals surface area contributed by atoms with Crippen LogP contribution in [0.25, 0.3) is 0 Å². The number of aliphatic hydroxyl groups is 1. The number of aliphatic hydroxyl groups excluding tert-OH is 1. The van der Waals surface area contributed by atoms with Gasteiger partial charge in [0.2, 0.25) is 0 Å². The Hall–Kier alpha value is -0.590. The number of ether oxygens (including phenoxy) is 1. The maximum Gasteiger partial charge on any atom is 0.251 e. The van der Waals surface area contributed by atoms with Crippen LogP contribution in [0, 0.1) is 0 Å². The fourth-order valence-corrected chi connectivity index (χ4v) is 1.03. The van der Waals surface area contributed by atoms with Crippen LogP contribution in [0.1, 0.15) is 0 Å². The molecule has 14 heavy (non-hydrogen) atoms. The van der Waals surface area contributed by atoms with Crippen molar-refractivity contribution in [1.29, 1.82) is 0 Å². The van der Waals surface area contributed by atoms with Crippen molar-refractivity contribution in [3.63, 3.8) is 0 Å². The summed E-state index contributed by atoms with van der Waals surface area (Å²) in [6.07, 6.45) is -2.50. The standard InChI is InChI=1S/C8H15F2NO3/c1-14-6-7(13)4-11(2-3-12)5-8(9)10/h8,12H,2-6H2,1H3. The third-order valence-electron chi connectivity index (χ3n) is 1.52. The number of carbonyl (C=O) groups is 1. The molecule has 0 heterocycles. The molecule has 0 fully saturated rings. The van der Waals surface area contributed by atoms with Gasteiger partial charge in [0.1, 0.15) is 6.61 Å². The van der Waals surface area contributed by atoms with Gasteiger partial charge in [0, 0.05) is 13.7 Å². The summed E-state index contributed by atoms with van der Waals surface area (Å²) in [4.78, 5) is 12.2. The molecule has 6 heteroatoms. The van der Waals surface area contributed by atoms with E-state index < -0.39 is 13.0 Å². The van der Waals surface area contributed by atoms with E-state index >= 15 is 0 Å². The van der Waals surface area contributed by atoms with Gasteiger partial charge in [-0.1, -0.05) is 0 Å². The zero-order valence-corrected chi connectivity index (χ0v) is 8.08. The average Bonchev–Trinajstić information content (AvgIpc) is 2.03. The molecule has 0 aliphatic rings. The molecular weight excluding hydrogens is 196 g/mol. The lowest BCUT2D eigenvalue weighted by molar-refractivity contribution is -0.124. The molecule has 0 atom stereocenters. The van der Waals surface area contributed by atoms with Crippen LogP contribution in [0.3, 0.4) is 0 Å². The first kappa shape index (κ1) is 13.4. The number of Topliss-reactive ketones (excluding diaryl/α,β-unsaturated/α-hetero) is 1. The fourth-order valence-electron chi connectivity index (χ4n) is 1.03. The summed E-state index contributed by atoms with van der Waals surface area (Å²) in [5.74, 6) is -0.276. The molecule has 0 aromatic rings. The molecule has 1 N–H and O–H groups in total. The first-order chi connectivity index (χ1) is 6.60. The van der Waals surface area contributed by atoms with Gasteiger partial charge in [0.15, 0.2) is 5.78 Å². The van der Waals surface area contributed by atoms with Crippen molar-refractivity contribution in [3.8, 4) is 0 Å². The summed E-state index contributed by atoms with van der Waals surface area (Å²) in [6, 6.07) is 0. The number of nitrogens with zero attached hydrogens (tertiary/aromatic N) is 1. The first-order valence-electron chi connectivity index (χ1n) is 4.22. The highest BCUT2D eigenvalue weighted by molar-refractivity contribution is 5.81. The molecule has 0 spiro atoms. The van der Waals surface area contributed by atoms with Gasteiger partial charge >= 0.3 is 0 Å². The van der Waals surface area contributed by atoms with E-state index in [1.807, 2.05) is 0 Å². The number of methoxy groups -OCH3 is 1. The molecule has 0 aromatic carbocycles. The molecule has 0 aliphatic heterocycles. The minimum atomic E-state index is -2.50. The summed E-state index contributed by atoms with van der Waals surface area (Å²) in [7, 11) is 1.36. The number of carbonyl (C=O) groups excluding carboxylic acids is 1. The van der Waals surface area contributed by atoms with E-state index in [1.165, 1.54) is 12.0 Å². The van der Waals surface area contributed by atoms with Gasteiger partial charge < -0.3 is 9.84 Å². The SMILES string of the molecule is COCC(=O)CN(CCO)CC(F)F. The highest BCUT2D eigenvalue weighted by Crippen LogP contribution is 1.98. The number of rotatable bonds is 8. The van der Waals surface area contributed by atoms with Gasteiger partial charge in [0.25, 0.3) is 6.43 Å². The van der Waals surface area contributed by atoms with Crippen LogP contribution in [0.5, 0.6) is 0 Å². The summed E-state index contributed by atoms with van der Waals surface area (Å²) in [6.45, 7) is -0.882. The fraction of sp³-hybridized carbons (Fsp3) is 0.875. The summed E-state index contributed by atoms with van der Waals surface area (Å²) < 4.78 is 28.5. The van der Waals surface area contributed by atoms with Crippen LogP contribution in [-0.2, 0) is 9.53 Å². The third kappa shape index (κ3) is 6.88. The predicted octanol–water partition coefficient (Wildman–Crippen LogP) is -0.239. The summed E-state index contributed by atoms with van der Waals surface area (Å²) in [5.41, 5.74) is 0. The Morgan fingerprint density at radius 2 is 2.21 bits per heavy atom. The molecule has 0 aromatic heterocycles. The molecule has 0 unspecified atom stereocenters. The van der Waals surface area contributed by atoms with Crippen molar-refractivity contribution < 1.29 is 23.4 Å². The molecule has 0 bridgehead atoms. The molecule has 0 rings (SSSR count). The minimum Gasteiger partial charge on any atom is -0.395 e. The Morgan fingerprint density at radius 1 is 1.57 bits per heavy atom. The highest BCUT2D eigenvalue weighted by Gasteiger charge is 2.14. The first-order valence-corrected chi connectivity index (χ1v) is 4.22. The molecule has 0 saturated carbocycles. The Balaban J connectivity index is 3.88. The molecule has 0 saturated heterocycles. The van der Waals surface area contributed by atoms with Crippen molar-refractivity contribution >= 4 is 5.78 Å². The van der Waals surface area contributed by atoms with E-state index in [0.717, 1.165) is 0 Å². The zero-order valence-electron chi connectivity index (χ0n) is 8.08. The highest BCUT2D eigenvalue weighted by atomic mass is 19.3. The topological polar surface area (TPSA) is 49.8 Å². The molecule has 0 aliphatic carbocycles. The van der Waals surface area contributed by atoms with E-state index in [1.54, 1.807) is 0 Å². The molecule has 0 amide bonds. The quantitative estimate of drug-likeness (QED) is 0.602. The van der Waals surface area contributed by atoms with Crippen LogP contribution >= 0.6 is 0 Å². The second kappa shape index (κ2) is 7.78. The maximum atomic E-state index is 12.0. The number of hydrogen-bond donors (Lipinski definition) is 1. The van der Waals surface area contributed by atoms with Crippen molar-refractivity contribution in [2.45, 2.75) is 6.43 Å². The van der Waals surface area contributed by atoms with Crippen molar-refractivity contribution in [2.75, 3.05) is 40.0 Å². The lowest BCUT2D eigenvalue weighted by atomic mass is 10.3. The predicted molar refractivity (Wildman–Crippen MR) is 46.4 cm³/mol. The molecule has 0 radical (unpaired) electrons. The number of halogens is 2. The number of hydrogen-bond acceptors (Lipinski definition) is 4. The van der Waals surface area contributed by atoms with E-state index in [2.05, 4.69) is 4.74 Å². The van der Waals surface area contributed by atoms with Crippen molar-refractivity contribution in [3.05, 3.63) is 0 Å². The second-order valence-corrected chi connectivity index (χ2v) is 2.82. The molecule has 84 valence electrons. The van der Waals surface area contributed by atoms with Crippen molar-refractivity contribution in [2.24, 2.45) is 0 Å². The van der Waals surface area contributed by atoms with Crippen LogP contribution in [0.4, 0.5) is 8.78 Å². The van der Waals surface area contributed by atoms with Gasteiger partial charge in [-0.3, -0.25) is 9.69 Å². The Bertz CT molecular complexity index is 167.